The number of nitrogens with two attached hydrogens (primary N) is 1. The monoisotopic (exact) mass is 472 g/mol. The number of anilines is 1. The van der Waals surface area contributed by atoms with E-state index in [9.17, 15) is 9.59 Å². The number of carbonyl (C=O) groups is 2. The van der Waals surface area contributed by atoms with E-state index in [1.807, 2.05) is 36.4 Å². The summed E-state index contributed by atoms with van der Waals surface area (Å²) in [6.45, 7) is 2.70. The molecule has 3 heterocycles. The zero-order valence-corrected chi connectivity index (χ0v) is 19.3. The van der Waals surface area contributed by atoms with Crippen molar-refractivity contribution in [1.29, 1.82) is 0 Å². The number of nitrogen functional groups attached to an aromatic ring is 1. The zero-order valence-electron chi connectivity index (χ0n) is 19.3. The maximum absolute atomic E-state index is 12.8. The average Bonchev–Trinajstić information content (AvgIpc) is 3.36. The van der Waals surface area contributed by atoms with Crippen LogP contribution in [0.1, 0.15) is 44.8 Å². The first kappa shape index (κ1) is 22.8. The number of nitrogens with one attached hydrogen (secondary N) is 3. The molecule has 9 heteroatoms. The lowest BCUT2D eigenvalue weighted by molar-refractivity contribution is 0.0924. The Morgan fingerprint density at radius 1 is 1.17 bits per heavy atom. The number of carbonyl (C=O) groups excluding carboxylic acids is 2. The molecule has 0 spiro atoms. The van der Waals surface area contributed by atoms with E-state index < -0.39 is 0 Å². The number of fused-ring (bicyclic) bond motifs is 1. The fraction of sp³-hybridized carbons (Fsp3) is 0.308. The molecule has 2 aliphatic heterocycles. The van der Waals surface area contributed by atoms with Crippen LogP contribution in [-0.4, -0.2) is 47.5 Å². The van der Waals surface area contributed by atoms with Crippen LogP contribution in [0.3, 0.4) is 0 Å². The number of piperidine rings is 1. The van der Waals surface area contributed by atoms with E-state index in [0.29, 0.717) is 24.4 Å². The Balaban J connectivity index is 1.27. The minimum absolute atomic E-state index is 0.0474. The Bertz CT molecular complexity index is 1260. The molecular weight excluding hydrogens is 444 g/mol. The van der Waals surface area contributed by atoms with Crippen LogP contribution >= 0.6 is 0 Å². The van der Waals surface area contributed by atoms with Crippen LogP contribution in [-0.2, 0) is 13.0 Å². The van der Waals surface area contributed by atoms with Gasteiger partial charge in [0.1, 0.15) is 5.75 Å². The van der Waals surface area contributed by atoms with E-state index >= 15 is 0 Å². The lowest BCUT2D eigenvalue weighted by atomic mass is 10.1. The minimum atomic E-state index is -0.325. The molecule has 1 aromatic heterocycles. The number of aromatic nitrogens is 2. The van der Waals surface area contributed by atoms with Crippen LogP contribution in [0.25, 0.3) is 11.3 Å². The molecule has 0 saturated carbocycles. The quantitative estimate of drug-likeness (QED) is 0.432. The molecule has 35 heavy (non-hydrogen) atoms. The number of ether oxygens (including phenoxy) is 1. The Hall–Kier alpha value is -3.98. The molecule has 2 aliphatic rings. The largest absolute Gasteiger partial charge is 0.493 e. The van der Waals surface area contributed by atoms with Gasteiger partial charge >= 0.3 is 0 Å². The molecule has 1 fully saturated rings. The van der Waals surface area contributed by atoms with E-state index in [1.54, 1.807) is 12.3 Å². The standard InChI is InChI=1S/C26H28N6O3/c27-24-23(26(34)31-20-5-2-9-28-14-20)32-21(15-29-24)17-4-1-3-16(11-17)13-30-25(33)19-6-7-22-18(12-19)8-10-35-22/h1,3-4,6-7,11-12,15,20,28H,2,5,8-10,13-14H2,(H2,27,29)(H,30,33)(H,31,34)/t20-/m0/s1. The molecule has 3 aromatic rings. The van der Waals surface area contributed by atoms with Crippen LogP contribution in [0.4, 0.5) is 5.82 Å². The number of nitrogens with zero attached hydrogens (tertiary/aromatic N) is 2. The van der Waals surface area contributed by atoms with Gasteiger partial charge in [0, 0.05) is 36.7 Å². The highest BCUT2D eigenvalue weighted by Gasteiger charge is 2.20. The third-order valence-electron chi connectivity index (χ3n) is 6.28. The van der Waals surface area contributed by atoms with Crippen LogP contribution in [0.5, 0.6) is 5.75 Å². The first-order valence-corrected chi connectivity index (χ1v) is 11.8. The van der Waals surface area contributed by atoms with Crippen molar-refractivity contribution in [3.8, 4) is 17.0 Å². The summed E-state index contributed by atoms with van der Waals surface area (Å²) in [6.07, 6.45) is 4.30. The van der Waals surface area contributed by atoms with Gasteiger partial charge in [0.2, 0.25) is 0 Å². The summed E-state index contributed by atoms with van der Waals surface area (Å²) in [6, 6.07) is 13.2. The molecule has 2 amide bonds. The van der Waals surface area contributed by atoms with Crippen LogP contribution in [0, 0.1) is 0 Å². The zero-order chi connectivity index (χ0) is 24.2. The fourth-order valence-corrected chi connectivity index (χ4v) is 4.39. The van der Waals surface area contributed by atoms with Crippen molar-refractivity contribution in [1.82, 2.24) is 25.9 Å². The molecule has 9 nitrogen and oxygen atoms in total. The van der Waals surface area contributed by atoms with Gasteiger partial charge in [-0.3, -0.25) is 9.59 Å². The second kappa shape index (κ2) is 10.1. The van der Waals surface area contributed by atoms with E-state index in [4.69, 9.17) is 10.5 Å². The lowest BCUT2D eigenvalue weighted by Gasteiger charge is -2.23. The highest BCUT2D eigenvalue weighted by atomic mass is 16.5. The predicted octanol–water partition coefficient (Wildman–Crippen LogP) is 2.07. The van der Waals surface area contributed by atoms with Crippen molar-refractivity contribution in [2.24, 2.45) is 0 Å². The molecule has 1 atom stereocenters. The van der Waals surface area contributed by atoms with Gasteiger partial charge in [-0.2, -0.15) is 0 Å². The third kappa shape index (κ3) is 5.25. The Morgan fingerprint density at radius 3 is 2.94 bits per heavy atom. The Morgan fingerprint density at radius 2 is 2.09 bits per heavy atom. The van der Waals surface area contributed by atoms with Gasteiger partial charge in [-0.05, 0) is 54.8 Å². The van der Waals surface area contributed by atoms with E-state index in [0.717, 1.165) is 54.8 Å². The lowest BCUT2D eigenvalue weighted by Crippen LogP contribution is -2.46. The molecule has 5 N–H and O–H groups in total. The maximum Gasteiger partial charge on any atom is 0.274 e. The van der Waals surface area contributed by atoms with E-state index in [-0.39, 0.29) is 29.4 Å². The average molecular weight is 473 g/mol. The van der Waals surface area contributed by atoms with Crippen molar-refractivity contribution >= 4 is 17.6 Å². The number of amides is 2. The second-order valence-corrected chi connectivity index (χ2v) is 8.81. The second-order valence-electron chi connectivity index (χ2n) is 8.81. The van der Waals surface area contributed by atoms with Crippen molar-refractivity contribution in [2.75, 3.05) is 25.4 Å². The molecular formula is C26H28N6O3. The number of benzene rings is 2. The topological polar surface area (TPSA) is 131 Å². The molecule has 0 bridgehead atoms. The van der Waals surface area contributed by atoms with Crippen molar-refractivity contribution in [3.63, 3.8) is 0 Å². The first-order valence-electron chi connectivity index (χ1n) is 11.8. The van der Waals surface area contributed by atoms with Gasteiger partial charge in [-0.1, -0.05) is 18.2 Å². The fourth-order valence-electron chi connectivity index (χ4n) is 4.39. The molecule has 0 aliphatic carbocycles. The first-order chi connectivity index (χ1) is 17.1. The van der Waals surface area contributed by atoms with Gasteiger partial charge in [0.15, 0.2) is 11.5 Å². The molecule has 1 saturated heterocycles. The minimum Gasteiger partial charge on any atom is -0.493 e. The van der Waals surface area contributed by atoms with Gasteiger partial charge in [-0.25, -0.2) is 9.97 Å². The van der Waals surface area contributed by atoms with Crippen molar-refractivity contribution in [3.05, 3.63) is 71.0 Å². The Labute approximate surface area is 203 Å². The summed E-state index contributed by atoms with van der Waals surface area (Å²) in [4.78, 5) is 34.2. The van der Waals surface area contributed by atoms with Gasteiger partial charge in [0.05, 0.1) is 18.5 Å². The van der Waals surface area contributed by atoms with Gasteiger partial charge in [-0.15, -0.1) is 0 Å². The number of rotatable bonds is 6. The summed E-state index contributed by atoms with van der Waals surface area (Å²) in [5, 5.41) is 9.23. The summed E-state index contributed by atoms with van der Waals surface area (Å²) < 4.78 is 5.51. The molecule has 2 aromatic carbocycles. The van der Waals surface area contributed by atoms with E-state index in [2.05, 4.69) is 25.9 Å². The van der Waals surface area contributed by atoms with Gasteiger partial charge in [0.25, 0.3) is 11.8 Å². The highest BCUT2D eigenvalue weighted by molar-refractivity contribution is 5.97. The van der Waals surface area contributed by atoms with Crippen molar-refractivity contribution < 1.29 is 14.3 Å². The predicted molar refractivity (Wildman–Crippen MR) is 132 cm³/mol. The smallest absolute Gasteiger partial charge is 0.274 e. The summed E-state index contributed by atoms with van der Waals surface area (Å²) >= 11 is 0. The molecule has 5 rings (SSSR count). The normalized spacial score (nSPS) is 16.7. The highest BCUT2D eigenvalue weighted by Crippen LogP contribution is 2.26. The van der Waals surface area contributed by atoms with Crippen LogP contribution in [0.15, 0.2) is 48.7 Å². The Kier molecular flexibility index (Phi) is 6.58. The van der Waals surface area contributed by atoms with Crippen molar-refractivity contribution in [2.45, 2.75) is 31.8 Å². The summed E-state index contributed by atoms with van der Waals surface area (Å²) in [7, 11) is 0. The molecule has 0 radical (unpaired) electrons. The molecule has 180 valence electrons. The van der Waals surface area contributed by atoms with E-state index in [1.165, 1.54) is 0 Å². The third-order valence-corrected chi connectivity index (χ3v) is 6.28. The summed E-state index contributed by atoms with van der Waals surface area (Å²) in [5.74, 6) is 0.475. The number of hydrogen-bond acceptors (Lipinski definition) is 7. The maximum atomic E-state index is 12.8. The van der Waals surface area contributed by atoms with Crippen LogP contribution in [0.2, 0.25) is 0 Å². The SMILES string of the molecule is Nc1ncc(-c2cccc(CNC(=O)c3ccc4c(c3)CCO4)c2)nc1C(=O)N[C@H]1CCCNC1. The number of hydrogen-bond donors (Lipinski definition) is 4. The molecule has 0 unspecified atom stereocenters. The van der Waals surface area contributed by atoms with Crippen LogP contribution < -0.4 is 26.4 Å². The summed E-state index contributed by atoms with van der Waals surface area (Å²) in [5.41, 5.74) is 9.98. The van der Waals surface area contributed by atoms with Gasteiger partial charge < -0.3 is 26.4 Å².